The van der Waals surface area contributed by atoms with Gasteiger partial charge in [0, 0.05) is 18.6 Å². The molecule has 1 N–H and O–H groups in total. The maximum absolute atomic E-state index is 13.3. The van der Waals surface area contributed by atoms with E-state index in [1.54, 1.807) is 6.07 Å². The van der Waals surface area contributed by atoms with E-state index >= 15 is 0 Å². The van der Waals surface area contributed by atoms with Gasteiger partial charge < -0.3 is 10.1 Å². The van der Waals surface area contributed by atoms with Crippen LogP contribution in [0.4, 0.5) is 4.39 Å². The summed E-state index contributed by atoms with van der Waals surface area (Å²) in [6, 6.07) is 5.39. The van der Waals surface area contributed by atoms with Crippen molar-refractivity contribution in [3.63, 3.8) is 0 Å². The molecule has 2 unspecified atom stereocenters. The molecule has 0 radical (unpaired) electrons. The Morgan fingerprint density at radius 2 is 2.35 bits per heavy atom. The largest absolute Gasteiger partial charge is 0.381 e. The van der Waals surface area contributed by atoms with Crippen molar-refractivity contribution in [2.45, 2.75) is 18.9 Å². The number of ether oxygens (including phenoxy) is 1. The van der Waals surface area contributed by atoms with Crippen molar-refractivity contribution in [3.8, 4) is 0 Å². The topological polar surface area (TPSA) is 21.3 Å². The zero-order valence-electron chi connectivity index (χ0n) is 9.88. The van der Waals surface area contributed by atoms with Crippen molar-refractivity contribution in [2.24, 2.45) is 5.92 Å². The summed E-state index contributed by atoms with van der Waals surface area (Å²) in [7, 11) is 1.95. The molecule has 1 heterocycles. The van der Waals surface area contributed by atoms with Gasteiger partial charge in [-0.2, -0.15) is 0 Å². The number of nitrogens with one attached hydrogen (secondary N) is 1. The van der Waals surface area contributed by atoms with Crippen molar-refractivity contribution in [1.29, 1.82) is 0 Å². The summed E-state index contributed by atoms with van der Waals surface area (Å²) in [5.74, 6) is 0.00921. The average Bonchev–Trinajstić information content (AvgIpc) is 2.35. The van der Waals surface area contributed by atoms with Gasteiger partial charge in [-0.25, -0.2) is 4.39 Å². The molecular formula is C13H17ClFNO. The molecule has 1 aromatic carbocycles. The first kappa shape index (κ1) is 12.8. The maximum atomic E-state index is 13.3. The second-order valence-corrected chi connectivity index (χ2v) is 4.81. The number of benzene rings is 1. The summed E-state index contributed by atoms with van der Waals surface area (Å²) in [6.07, 6.45) is 1.75. The molecule has 1 aromatic rings. The van der Waals surface area contributed by atoms with Gasteiger partial charge in [0.05, 0.1) is 11.6 Å². The molecule has 1 saturated heterocycles. The van der Waals surface area contributed by atoms with Crippen LogP contribution in [0, 0.1) is 11.7 Å². The minimum atomic E-state index is -0.345. The third-order valence-corrected chi connectivity index (χ3v) is 3.78. The van der Waals surface area contributed by atoms with Gasteiger partial charge in [0.15, 0.2) is 0 Å². The average molecular weight is 258 g/mol. The highest BCUT2D eigenvalue weighted by Gasteiger charge is 2.25. The highest BCUT2D eigenvalue weighted by Crippen LogP contribution is 2.25. The Balaban J connectivity index is 2.11. The van der Waals surface area contributed by atoms with Crippen LogP contribution in [0.1, 0.15) is 12.0 Å². The molecule has 2 atom stereocenters. The van der Waals surface area contributed by atoms with E-state index in [9.17, 15) is 4.39 Å². The van der Waals surface area contributed by atoms with E-state index in [2.05, 4.69) is 5.32 Å². The van der Waals surface area contributed by atoms with Crippen molar-refractivity contribution in [2.75, 3.05) is 20.3 Å². The molecule has 1 aliphatic heterocycles. The van der Waals surface area contributed by atoms with E-state index < -0.39 is 0 Å². The van der Waals surface area contributed by atoms with Crippen LogP contribution < -0.4 is 5.32 Å². The van der Waals surface area contributed by atoms with Crippen molar-refractivity contribution < 1.29 is 9.13 Å². The number of hydrogen-bond acceptors (Lipinski definition) is 2. The Bertz CT molecular complexity index is 386. The first-order chi connectivity index (χ1) is 8.22. The lowest BCUT2D eigenvalue weighted by atomic mass is 9.89. The second-order valence-electron chi connectivity index (χ2n) is 4.44. The van der Waals surface area contributed by atoms with Gasteiger partial charge in [-0.05, 0) is 31.5 Å². The molecule has 0 spiro atoms. The zero-order chi connectivity index (χ0) is 12.3. The van der Waals surface area contributed by atoms with E-state index in [0.717, 1.165) is 25.0 Å². The van der Waals surface area contributed by atoms with Crippen molar-refractivity contribution >= 4 is 11.6 Å². The molecule has 4 heteroatoms. The minimum Gasteiger partial charge on any atom is -0.381 e. The van der Waals surface area contributed by atoms with Crippen molar-refractivity contribution in [3.05, 3.63) is 34.6 Å². The standard InChI is InChI=1S/C13H17ClFNO/c1-16-12-5-6-17-8-10(12)7-9-3-2-4-11(15)13(9)14/h2-4,10,12,16H,5-8H2,1H3. The Morgan fingerprint density at radius 1 is 1.53 bits per heavy atom. The Hall–Kier alpha value is -0.640. The number of halogens is 2. The predicted molar refractivity (Wildman–Crippen MR) is 66.9 cm³/mol. The summed E-state index contributed by atoms with van der Waals surface area (Å²) in [4.78, 5) is 0. The Morgan fingerprint density at radius 3 is 3.12 bits per heavy atom. The third kappa shape index (κ3) is 2.97. The van der Waals surface area contributed by atoms with Crippen LogP contribution in [-0.4, -0.2) is 26.3 Å². The van der Waals surface area contributed by atoms with Crippen LogP contribution in [0.15, 0.2) is 18.2 Å². The fourth-order valence-electron chi connectivity index (χ4n) is 2.37. The zero-order valence-corrected chi connectivity index (χ0v) is 10.6. The summed E-state index contributed by atoms with van der Waals surface area (Å²) in [5, 5.41) is 3.53. The predicted octanol–water partition coefficient (Wildman–Crippen LogP) is 2.65. The van der Waals surface area contributed by atoms with Gasteiger partial charge >= 0.3 is 0 Å². The van der Waals surface area contributed by atoms with Gasteiger partial charge in [0.1, 0.15) is 5.82 Å². The second kappa shape index (κ2) is 5.80. The normalized spacial score (nSPS) is 24.9. The quantitative estimate of drug-likeness (QED) is 0.899. The lowest BCUT2D eigenvalue weighted by Gasteiger charge is -2.31. The molecule has 0 aliphatic carbocycles. The molecule has 2 rings (SSSR count). The van der Waals surface area contributed by atoms with Gasteiger partial charge in [0.2, 0.25) is 0 Å². The lowest BCUT2D eigenvalue weighted by Crippen LogP contribution is -2.41. The van der Waals surface area contributed by atoms with Gasteiger partial charge in [-0.3, -0.25) is 0 Å². The Kier molecular flexibility index (Phi) is 4.37. The summed E-state index contributed by atoms with van der Waals surface area (Å²) in [5.41, 5.74) is 0.863. The maximum Gasteiger partial charge on any atom is 0.142 e. The molecule has 2 nitrogen and oxygen atoms in total. The van der Waals surface area contributed by atoms with Crippen LogP contribution in [0.5, 0.6) is 0 Å². The fourth-order valence-corrected chi connectivity index (χ4v) is 2.57. The molecule has 0 amide bonds. The van der Waals surface area contributed by atoms with Crippen LogP contribution in [0.2, 0.25) is 5.02 Å². The number of rotatable bonds is 3. The number of hydrogen-bond donors (Lipinski definition) is 1. The van der Waals surface area contributed by atoms with Crippen LogP contribution >= 0.6 is 11.6 Å². The Labute approximate surface area is 106 Å². The lowest BCUT2D eigenvalue weighted by molar-refractivity contribution is 0.0342. The summed E-state index contributed by atoms with van der Waals surface area (Å²) < 4.78 is 18.8. The van der Waals surface area contributed by atoms with Crippen LogP contribution in [0.3, 0.4) is 0 Å². The smallest absolute Gasteiger partial charge is 0.142 e. The molecule has 1 aliphatic rings. The minimum absolute atomic E-state index is 0.243. The highest BCUT2D eigenvalue weighted by atomic mass is 35.5. The molecule has 0 bridgehead atoms. The first-order valence-electron chi connectivity index (χ1n) is 5.90. The van der Waals surface area contributed by atoms with Gasteiger partial charge in [0.25, 0.3) is 0 Å². The van der Waals surface area contributed by atoms with E-state index in [4.69, 9.17) is 16.3 Å². The van der Waals surface area contributed by atoms with Gasteiger partial charge in [-0.15, -0.1) is 0 Å². The molecule has 17 heavy (non-hydrogen) atoms. The molecule has 1 fully saturated rings. The van der Waals surface area contributed by atoms with E-state index in [0.29, 0.717) is 18.6 Å². The first-order valence-corrected chi connectivity index (χ1v) is 6.28. The van der Waals surface area contributed by atoms with Crippen molar-refractivity contribution in [1.82, 2.24) is 5.32 Å². The third-order valence-electron chi connectivity index (χ3n) is 3.36. The van der Waals surface area contributed by atoms with Crippen LogP contribution in [0.25, 0.3) is 0 Å². The molecule has 0 aromatic heterocycles. The van der Waals surface area contributed by atoms with E-state index in [-0.39, 0.29) is 10.8 Å². The molecule has 0 saturated carbocycles. The highest BCUT2D eigenvalue weighted by molar-refractivity contribution is 6.31. The molecule has 94 valence electrons. The SMILES string of the molecule is CNC1CCOCC1Cc1cccc(F)c1Cl. The monoisotopic (exact) mass is 257 g/mol. The van der Waals surface area contributed by atoms with Crippen LogP contribution in [-0.2, 0) is 11.2 Å². The van der Waals surface area contributed by atoms with E-state index in [1.165, 1.54) is 6.07 Å². The van der Waals surface area contributed by atoms with E-state index in [1.807, 2.05) is 13.1 Å². The summed E-state index contributed by atoms with van der Waals surface area (Å²) >= 11 is 5.97. The fraction of sp³-hybridized carbons (Fsp3) is 0.538. The van der Waals surface area contributed by atoms with Gasteiger partial charge in [-0.1, -0.05) is 23.7 Å². The molecular weight excluding hydrogens is 241 g/mol. The summed E-state index contributed by atoms with van der Waals surface area (Å²) in [6.45, 7) is 1.50.